The molecule has 3 atom stereocenters. The summed E-state index contributed by atoms with van der Waals surface area (Å²) in [5.74, 6) is -0.818. The first kappa shape index (κ1) is 29.3. The molecule has 1 aromatic rings. The summed E-state index contributed by atoms with van der Waals surface area (Å²) in [6.07, 6.45) is 6.05. The molecule has 1 aromatic carbocycles. The number of likely N-dealkylation sites (tertiary alicyclic amines) is 2. The summed E-state index contributed by atoms with van der Waals surface area (Å²) in [4.78, 5) is 47.0. The van der Waals surface area contributed by atoms with Gasteiger partial charge in [0.05, 0.1) is 19.1 Å². The molecule has 39 heavy (non-hydrogen) atoms. The average Bonchev–Trinajstić information content (AvgIpc) is 3.62. The van der Waals surface area contributed by atoms with Gasteiger partial charge < -0.3 is 24.5 Å². The summed E-state index contributed by atoms with van der Waals surface area (Å²) in [5.41, 5.74) is 2.09. The van der Waals surface area contributed by atoms with Crippen LogP contribution in [0.1, 0.15) is 62.5 Å². The predicted molar refractivity (Wildman–Crippen MR) is 150 cm³/mol. The Balaban J connectivity index is 1.55. The maximum absolute atomic E-state index is 13.7. The highest BCUT2D eigenvalue weighted by molar-refractivity contribution is 5.80. The van der Waals surface area contributed by atoms with Crippen LogP contribution in [0.5, 0.6) is 5.75 Å². The third kappa shape index (κ3) is 7.31. The van der Waals surface area contributed by atoms with Gasteiger partial charge in [-0.2, -0.15) is 0 Å². The largest absolute Gasteiger partial charge is 0.493 e. The standard InChI is InChI=1S/C30H46N4O5/c1-4-5-14-32(15-7-6-13-31(2)3)28(36)21-34-19-24(22-10-11-26-23(18-22)12-17-39-26)29(30(37)38)25(34)20-33-16-8-9-27(33)35/h10-11,18,24-25,29H,4-9,12-17,19-21H2,1-3H3,(H,37,38). The molecule has 1 N–H and O–H groups in total. The summed E-state index contributed by atoms with van der Waals surface area (Å²) in [7, 11) is 4.11. The van der Waals surface area contributed by atoms with Crippen molar-refractivity contribution in [1.29, 1.82) is 0 Å². The van der Waals surface area contributed by atoms with Gasteiger partial charge in [-0.05, 0) is 63.5 Å². The highest BCUT2D eigenvalue weighted by Crippen LogP contribution is 2.40. The number of fused-ring (bicyclic) bond motifs is 1. The third-order valence-corrected chi connectivity index (χ3v) is 8.51. The normalized spacial score (nSPS) is 22.9. The number of hydrogen-bond acceptors (Lipinski definition) is 6. The minimum atomic E-state index is -0.866. The maximum Gasteiger partial charge on any atom is 0.308 e. The molecule has 9 heteroatoms. The Bertz CT molecular complexity index is 1020. The van der Waals surface area contributed by atoms with Crippen LogP contribution < -0.4 is 4.74 Å². The van der Waals surface area contributed by atoms with Crippen LogP contribution in [0.4, 0.5) is 0 Å². The van der Waals surface area contributed by atoms with Crippen molar-refractivity contribution in [3.8, 4) is 5.75 Å². The lowest BCUT2D eigenvalue weighted by molar-refractivity contribution is -0.144. The van der Waals surface area contributed by atoms with Crippen LogP contribution in [-0.4, -0.2) is 115 Å². The number of amides is 2. The van der Waals surface area contributed by atoms with Crippen molar-refractivity contribution in [3.05, 3.63) is 29.3 Å². The fourth-order valence-electron chi connectivity index (χ4n) is 6.33. The van der Waals surface area contributed by atoms with E-state index in [0.29, 0.717) is 39.2 Å². The molecule has 3 heterocycles. The van der Waals surface area contributed by atoms with Gasteiger partial charge >= 0.3 is 5.97 Å². The van der Waals surface area contributed by atoms with Gasteiger partial charge in [-0.15, -0.1) is 0 Å². The number of aliphatic carboxylic acids is 1. The van der Waals surface area contributed by atoms with Crippen LogP contribution in [0.25, 0.3) is 0 Å². The van der Waals surface area contributed by atoms with Crippen molar-refractivity contribution < 1.29 is 24.2 Å². The first-order chi connectivity index (χ1) is 18.8. The number of carboxylic acids is 1. The molecular formula is C30H46N4O5. The molecule has 0 bridgehead atoms. The van der Waals surface area contributed by atoms with Crippen LogP contribution in [0.15, 0.2) is 18.2 Å². The van der Waals surface area contributed by atoms with E-state index in [2.05, 4.69) is 36.9 Å². The summed E-state index contributed by atoms with van der Waals surface area (Å²) < 4.78 is 5.67. The third-order valence-electron chi connectivity index (χ3n) is 8.51. The van der Waals surface area contributed by atoms with E-state index in [9.17, 15) is 19.5 Å². The zero-order valence-corrected chi connectivity index (χ0v) is 23.9. The van der Waals surface area contributed by atoms with Crippen molar-refractivity contribution in [2.45, 2.75) is 63.8 Å². The Labute approximate surface area is 233 Å². The molecular weight excluding hydrogens is 496 g/mol. The quantitative estimate of drug-likeness (QED) is 0.361. The van der Waals surface area contributed by atoms with Gasteiger partial charge in [0.15, 0.2) is 0 Å². The van der Waals surface area contributed by atoms with E-state index in [-0.39, 0.29) is 24.3 Å². The predicted octanol–water partition coefficient (Wildman–Crippen LogP) is 2.68. The van der Waals surface area contributed by atoms with Crippen molar-refractivity contribution in [1.82, 2.24) is 19.6 Å². The molecule has 216 valence electrons. The second-order valence-electron chi connectivity index (χ2n) is 11.6. The number of hydrogen-bond donors (Lipinski definition) is 1. The summed E-state index contributed by atoms with van der Waals surface area (Å²) in [6, 6.07) is 5.60. The Morgan fingerprint density at radius 2 is 1.87 bits per heavy atom. The Morgan fingerprint density at radius 3 is 2.56 bits per heavy atom. The maximum atomic E-state index is 13.7. The number of ether oxygens (including phenoxy) is 1. The molecule has 2 fully saturated rings. The molecule has 0 saturated carbocycles. The van der Waals surface area contributed by atoms with Crippen molar-refractivity contribution in [2.24, 2.45) is 5.92 Å². The molecule has 2 saturated heterocycles. The number of benzene rings is 1. The number of rotatable bonds is 14. The van der Waals surface area contributed by atoms with Gasteiger partial charge in [0.2, 0.25) is 11.8 Å². The monoisotopic (exact) mass is 542 g/mol. The highest BCUT2D eigenvalue weighted by atomic mass is 16.5. The lowest BCUT2D eigenvalue weighted by atomic mass is 9.84. The number of unbranched alkanes of at least 4 members (excludes halogenated alkanes) is 2. The minimum Gasteiger partial charge on any atom is -0.493 e. The van der Waals surface area contributed by atoms with Crippen molar-refractivity contribution >= 4 is 17.8 Å². The molecule has 0 aliphatic carbocycles. The molecule has 3 unspecified atom stereocenters. The fraction of sp³-hybridized carbons (Fsp3) is 0.700. The number of carbonyl (C=O) groups is 3. The van der Waals surface area contributed by atoms with Crippen molar-refractivity contribution in [2.75, 3.05) is 66.5 Å². The number of carboxylic acid groups (broad SMARTS) is 1. The second kappa shape index (κ2) is 13.6. The van der Waals surface area contributed by atoms with Crippen LogP contribution >= 0.6 is 0 Å². The summed E-state index contributed by atoms with van der Waals surface area (Å²) >= 11 is 0. The van der Waals surface area contributed by atoms with E-state index in [1.165, 1.54) is 0 Å². The van der Waals surface area contributed by atoms with E-state index in [0.717, 1.165) is 68.5 Å². The van der Waals surface area contributed by atoms with E-state index in [4.69, 9.17) is 4.74 Å². The van der Waals surface area contributed by atoms with E-state index < -0.39 is 17.9 Å². The molecule has 4 rings (SSSR count). The van der Waals surface area contributed by atoms with Gasteiger partial charge in [-0.1, -0.05) is 25.5 Å². The van der Waals surface area contributed by atoms with E-state index in [1.54, 1.807) is 4.90 Å². The van der Waals surface area contributed by atoms with E-state index >= 15 is 0 Å². The minimum absolute atomic E-state index is 0.0539. The van der Waals surface area contributed by atoms with Gasteiger partial charge in [0.25, 0.3) is 0 Å². The van der Waals surface area contributed by atoms with Crippen LogP contribution in [0.3, 0.4) is 0 Å². The molecule has 9 nitrogen and oxygen atoms in total. The highest BCUT2D eigenvalue weighted by Gasteiger charge is 2.48. The summed E-state index contributed by atoms with van der Waals surface area (Å²) in [5, 5.41) is 10.5. The van der Waals surface area contributed by atoms with Gasteiger partial charge in [-0.25, -0.2) is 0 Å². The van der Waals surface area contributed by atoms with Crippen LogP contribution in [0, 0.1) is 5.92 Å². The number of carbonyl (C=O) groups excluding carboxylic acids is 2. The lowest BCUT2D eigenvalue weighted by Gasteiger charge is -2.32. The van der Waals surface area contributed by atoms with Gasteiger partial charge in [-0.3, -0.25) is 19.3 Å². The average molecular weight is 543 g/mol. The first-order valence-corrected chi connectivity index (χ1v) is 14.7. The lowest BCUT2D eigenvalue weighted by Crippen LogP contribution is -2.49. The van der Waals surface area contributed by atoms with Crippen LogP contribution in [0.2, 0.25) is 0 Å². The van der Waals surface area contributed by atoms with Crippen molar-refractivity contribution in [3.63, 3.8) is 0 Å². The zero-order valence-electron chi connectivity index (χ0n) is 23.9. The number of nitrogens with zero attached hydrogens (tertiary/aromatic N) is 4. The fourth-order valence-corrected chi connectivity index (χ4v) is 6.33. The van der Waals surface area contributed by atoms with E-state index in [1.807, 2.05) is 17.0 Å². The molecule has 2 amide bonds. The smallest absolute Gasteiger partial charge is 0.308 e. The molecule has 3 aliphatic heterocycles. The molecule has 0 radical (unpaired) electrons. The zero-order chi connectivity index (χ0) is 27.9. The first-order valence-electron chi connectivity index (χ1n) is 14.7. The topological polar surface area (TPSA) is 93.6 Å². The van der Waals surface area contributed by atoms with Gasteiger partial charge in [0.1, 0.15) is 5.75 Å². The summed E-state index contributed by atoms with van der Waals surface area (Å²) in [6.45, 7) is 6.86. The second-order valence-corrected chi connectivity index (χ2v) is 11.6. The molecule has 0 aromatic heterocycles. The Hall–Kier alpha value is -2.65. The Kier molecular flexibility index (Phi) is 10.2. The molecule has 0 spiro atoms. The Morgan fingerprint density at radius 1 is 1.10 bits per heavy atom. The van der Waals surface area contributed by atoms with Gasteiger partial charge in [0, 0.05) is 57.5 Å². The SMILES string of the molecule is CCCCN(CCCCN(C)C)C(=O)CN1CC(c2ccc3c(c2)CCO3)C(C(=O)O)C1CN1CCCC1=O. The molecule has 3 aliphatic rings. The van der Waals surface area contributed by atoms with Crippen LogP contribution in [-0.2, 0) is 20.8 Å².